The van der Waals surface area contributed by atoms with Crippen molar-refractivity contribution in [2.24, 2.45) is 0 Å². The minimum absolute atomic E-state index is 0.0240. The van der Waals surface area contributed by atoms with Gasteiger partial charge >= 0.3 is 0 Å². The summed E-state index contributed by atoms with van der Waals surface area (Å²) < 4.78 is 7.71. The number of imide groups is 1. The Morgan fingerprint density at radius 2 is 2.21 bits per heavy atom. The molecule has 1 unspecified atom stereocenters. The van der Waals surface area contributed by atoms with Crippen molar-refractivity contribution in [2.75, 3.05) is 13.2 Å². The fraction of sp³-hybridized carbons (Fsp3) is 0.500. The summed E-state index contributed by atoms with van der Waals surface area (Å²) in [6.45, 7) is 5.10. The van der Waals surface area contributed by atoms with Gasteiger partial charge in [0, 0.05) is 30.5 Å². The fourth-order valence-electron chi connectivity index (χ4n) is 3.17. The van der Waals surface area contributed by atoms with E-state index in [1.807, 2.05) is 18.5 Å². The van der Waals surface area contributed by atoms with E-state index in [0.29, 0.717) is 13.0 Å². The Morgan fingerprint density at radius 1 is 1.38 bits per heavy atom. The first-order valence-electron chi connectivity index (χ1n) is 8.45. The van der Waals surface area contributed by atoms with Crippen molar-refractivity contribution < 1.29 is 14.3 Å². The van der Waals surface area contributed by atoms with E-state index >= 15 is 0 Å². The number of aromatic nitrogens is 2. The quantitative estimate of drug-likeness (QED) is 0.799. The molecule has 0 aliphatic carbocycles. The molecule has 1 atom stereocenters. The lowest BCUT2D eigenvalue weighted by Crippen LogP contribution is -2.37. The molecule has 1 aromatic heterocycles. The molecule has 0 bridgehead atoms. The molecular weight excluding hydrogens is 306 g/mol. The Hall–Kier alpha value is -2.21. The number of rotatable bonds is 3. The van der Waals surface area contributed by atoms with Crippen LogP contribution < -0.4 is 0 Å². The molecule has 1 fully saturated rings. The van der Waals surface area contributed by atoms with E-state index in [2.05, 4.69) is 5.10 Å². The summed E-state index contributed by atoms with van der Waals surface area (Å²) in [6, 6.07) is 0. The molecular formula is C18H23N3O3. The zero-order valence-electron chi connectivity index (χ0n) is 14.2. The van der Waals surface area contributed by atoms with Crippen molar-refractivity contribution in [1.29, 1.82) is 0 Å². The molecule has 24 heavy (non-hydrogen) atoms. The largest absolute Gasteiger partial charge is 0.357 e. The zero-order valence-corrected chi connectivity index (χ0v) is 14.2. The second kappa shape index (κ2) is 7.13. The first-order valence-corrected chi connectivity index (χ1v) is 8.45. The van der Waals surface area contributed by atoms with Crippen LogP contribution in [0.3, 0.4) is 0 Å². The monoisotopic (exact) mass is 329 g/mol. The molecule has 3 rings (SSSR count). The van der Waals surface area contributed by atoms with E-state index in [1.54, 1.807) is 12.2 Å². The third kappa shape index (κ3) is 3.33. The van der Waals surface area contributed by atoms with Gasteiger partial charge in [0.2, 0.25) is 0 Å². The van der Waals surface area contributed by atoms with Gasteiger partial charge in [-0.25, -0.2) is 4.68 Å². The number of carbonyl (C=O) groups excluding carboxylic acids is 2. The lowest BCUT2D eigenvalue weighted by atomic mass is 10.1. The van der Waals surface area contributed by atoms with E-state index in [9.17, 15) is 9.59 Å². The van der Waals surface area contributed by atoms with Gasteiger partial charge in [0.05, 0.1) is 5.69 Å². The number of aryl methyl sites for hydroxylation is 1. The van der Waals surface area contributed by atoms with E-state index in [-0.39, 0.29) is 18.0 Å². The molecule has 3 heterocycles. The Labute approximate surface area is 141 Å². The van der Waals surface area contributed by atoms with Crippen LogP contribution in [0.2, 0.25) is 0 Å². The molecule has 2 aliphatic rings. The van der Waals surface area contributed by atoms with E-state index in [1.165, 1.54) is 17.1 Å². The highest BCUT2D eigenvalue weighted by molar-refractivity contribution is 6.06. The normalized spacial score (nSPS) is 21.7. The van der Waals surface area contributed by atoms with Gasteiger partial charge in [0.25, 0.3) is 11.8 Å². The maximum absolute atomic E-state index is 12.2. The Balaban J connectivity index is 1.77. The molecule has 0 radical (unpaired) electrons. The number of nitrogens with zero attached hydrogens (tertiary/aromatic N) is 3. The second-order valence-corrected chi connectivity index (χ2v) is 6.20. The van der Waals surface area contributed by atoms with Gasteiger partial charge in [-0.3, -0.25) is 14.5 Å². The van der Waals surface area contributed by atoms with E-state index < -0.39 is 0 Å². The Morgan fingerprint density at radius 3 is 2.92 bits per heavy atom. The van der Waals surface area contributed by atoms with Crippen molar-refractivity contribution in [2.45, 2.75) is 45.8 Å². The molecule has 0 N–H and O–H groups in total. The van der Waals surface area contributed by atoms with Gasteiger partial charge in [-0.05, 0) is 51.7 Å². The van der Waals surface area contributed by atoms with E-state index in [0.717, 1.165) is 42.8 Å². The van der Waals surface area contributed by atoms with Crippen LogP contribution in [0.4, 0.5) is 0 Å². The molecule has 0 spiro atoms. The van der Waals surface area contributed by atoms with Crippen LogP contribution in [0.25, 0.3) is 6.08 Å². The molecule has 0 saturated carbocycles. The van der Waals surface area contributed by atoms with Crippen LogP contribution in [0, 0.1) is 13.8 Å². The predicted molar refractivity (Wildman–Crippen MR) is 90.1 cm³/mol. The van der Waals surface area contributed by atoms with Crippen LogP contribution >= 0.6 is 0 Å². The van der Waals surface area contributed by atoms with Crippen LogP contribution in [-0.4, -0.2) is 39.6 Å². The number of amides is 2. The summed E-state index contributed by atoms with van der Waals surface area (Å²) in [7, 11) is 0. The minimum Gasteiger partial charge on any atom is -0.357 e. The first-order chi connectivity index (χ1) is 11.6. The third-order valence-electron chi connectivity index (χ3n) is 4.51. The number of ether oxygens (including phenoxy) is 1. The number of hydrogen-bond donors (Lipinski definition) is 0. The smallest absolute Gasteiger partial charge is 0.253 e. The molecule has 6 nitrogen and oxygen atoms in total. The fourth-order valence-corrected chi connectivity index (χ4v) is 3.17. The van der Waals surface area contributed by atoms with Crippen molar-refractivity contribution in [3.8, 4) is 0 Å². The van der Waals surface area contributed by atoms with Gasteiger partial charge in [-0.1, -0.05) is 6.08 Å². The molecule has 6 heteroatoms. The van der Waals surface area contributed by atoms with Crippen molar-refractivity contribution >= 4 is 17.9 Å². The highest BCUT2D eigenvalue weighted by Gasteiger charge is 2.22. The lowest BCUT2D eigenvalue weighted by molar-refractivity contribution is -0.139. The van der Waals surface area contributed by atoms with Gasteiger partial charge in [0.15, 0.2) is 0 Å². The molecule has 1 saturated heterocycles. The van der Waals surface area contributed by atoms with Gasteiger partial charge in [-0.15, -0.1) is 0 Å². The minimum atomic E-state index is -0.287. The topological polar surface area (TPSA) is 64.4 Å². The summed E-state index contributed by atoms with van der Waals surface area (Å²) in [4.78, 5) is 25.2. The predicted octanol–water partition coefficient (Wildman–Crippen LogP) is 2.53. The van der Waals surface area contributed by atoms with Gasteiger partial charge in [0.1, 0.15) is 6.23 Å². The van der Waals surface area contributed by atoms with E-state index in [4.69, 9.17) is 4.74 Å². The third-order valence-corrected chi connectivity index (χ3v) is 4.51. The zero-order chi connectivity index (χ0) is 17.1. The Bertz CT molecular complexity index is 697. The maximum atomic E-state index is 12.2. The highest BCUT2D eigenvalue weighted by atomic mass is 16.5. The van der Waals surface area contributed by atoms with Crippen LogP contribution in [0.1, 0.15) is 48.9 Å². The van der Waals surface area contributed by atoms with Crippen molar-refractivity contribution in [3.63, 3.8) is 0 Å². The average Bonchev–Trinajstić information content (AvgIpc) is 2.88. The lowest BCUT2D eigenvalue weighted by Gasteiger charge is -2.24. The Kier molecular flexibility index (Phi) is 4.94. The summed E-state index contributed by atoms with van der Waals surface area (Å²) in [5.74, 6) is -0.541. The van der Waals surface area contributed by atoms with Crippen molar-refractivity contribution in [1.82, 2.24) is 14.7 Å². The van der Waals surface area contributed by atoms with Gasteiger partial charge < -0.3 is 4.74 Å². The summed E-state index contributed by atoms with van der Waals surface area (Å²) in [5, 5.41) is 4.58. The standard InChI is InChI=1S/C18H23N3O3/c1-13-15(9-10-17(23)20-11-5-3-7-16(20)22)14(2)21(19-13)18-8-4-6-12-24-18/h3,7,9-10,18H,4-6,8,11-12H2,1-2H3/b10-9+. The molecule has 2 amide bonds. The number of hydrogen-bond acceptors (Lipinski definition) is 4. The van der Waals surface area contributed by atoms with Crippen LogP contribution in [0.15, 0.2) is 18.2 Å². The summed E-state index contributed by atoms with van der Waals surface area (Å²) in [5.41, 5.74) is 2.75. The average molecular weight is 329 g/mol. The maximum Gasteiger partial charge on any atom is 0.253 e. The molecule has 0 aromatic carbocycles. The SMILES string of the molecule is Cc1nn(C2CCCCO2)c(C)c1/C=C/C(=O)N1CCC=CC1=O. The number of carbonyl (C=O) groups is 2. The highest BCUT2D eigenvalue weighted by Crippen LogP contribution is 2.26. The second-order valence-electron chi connectivity index (χ2n) is 6.20. The summed E-state index contributed by atoms with van der Waals surface area (Å²) in [6.07, 6.45) is 10.3. The van der Waals surface area contributed by atoms with Crippen LogP contribution in [-0.2, 0) is 14.3 Å². The first kappa shape index (κ1) is 16.6. The molecule has 1 aromatic rings. The van der Waals surface area contributed by atoms with Crippen molar-refractivity contribution in [3.05, 3.63) is 35.2 Å². The molecule has 128 valence electrons. The summed E-state index contributed by atoms with van der Waals surface area (Å²) >= 11 is 0. The molecule has 2 aliphatic heterocycles. The van der Waals surface area contributed by atoms with Crippen LogP contribution in [0.5, 0.6) is 0 Å². The van der Waals surface area contributed by atoms with Gasteiger partial charge in [-0.2, -0.15) is 5.10 Å².